The number of likely N-dealkylation sites (N-methyl/N-ethyl adjacent to an activating group) is 2. The second-order valence-corrected chi connectivity index (χ2v) is 6.07. The Bertz CT molecular complexity index is 319. The zero-order valence-corrected chi connectivity index (χ0v) is 12.3. The van der Waals surface area contributed by atoms with Crippen LogP contribution in [0.2, 0.25) is 0 Å². The summed E-state index contributed by atoms with van der Waals surface area (Å²) in [6, 6.07) is 0. The van der Waals surface area contributed by atoms with Gasteiger partial charge in [0.15, 0.2) is 0 Å². The molecule has 1 amide bonds. The van der Waals surface area contributed by atoms with Crippen molar-refractivity contribution in [3.63, 3.8) is 0 Å². The third-order valence-corrected chi connectivity index (χ3v) is 4.49. The standard InChI is InChI=1S/C14H28N4O/c1-3-16-14(13(15)19,12-5-6-12)11-18-8-4-7-17(2)9-10-18/h12,16H,3-11H2,1-2H3,(H2,15,19). The lowest BCUT2D eigenvalue weighted by Gasteiger charge is -2.36. The normalized spacial score (nSPS) is 25.8. The molecule has 2 aliphatic rings. The van der Waals surface area contributed by atoms with Gasteiger partial charge in [0.2, 0.25) is 5.91 Å². The molecule has 2 fully saturated rings. The van der Waals surface area contributed by atoms with Crippen molar-refractivity contribution in [2.45, 2.75) is 31.7 Å². The minimum Gasteiger partial charge on any atom is -0.368 e. The smallest absolute Gasteiger partial charge is 0.239 e. The van der Waals surface area contributed by atoms with Crippen molar-refractivity contribution in [2.24, 2.45) is 11.7 Å². The first-order chi connectivity index (χ1) is 9.08. The Hall–Kier alpha value is -0.650. The van der Waals surface area contributed by atoms with E-state index in [4.69, 9.17) is 5.73 Å². The second-order valence-electron chi connectivity index (χ2n) is 6.07. The van der Waals surface area contributed by atoms with Crippen LogP contribution in [0.15, 0.2) is 0 Å². The van der Waals surface area contributed by atoms with E-state index in [-0.39, 0.29) is 5.91 Å². The van der Waals surface area contributed by atoms with Crippen LogP contribution in [0.1, 0.15) is 26.2 Å². The molecule has 1 atom stereocenters. The molecule has 5 heteroatoms. The van der Waals surface area contributed by atoms with Crippen molar-refractivity contribution in [1.82, 2.24) is 15.1 Å². The molecule has 1 saturated carbocycles. The summed E-state index contributed by atoms with van der Waals surface area (Å²) < 4.78 is 0. The van der Waals surface area contributed by atoms with Gasteiger partial charge in [-0.25, -0.2) is 0 Å². The van der Waals surface area contributed by atoms with Crippen LogP contribution in [0, 0.1) is 5.92 Å². The summed E-state index contributed by atoms with van der Waals surface area (Å²) in [7, 11) is 2.16. The maximum atomic E-state index is 12.0. The van der Waals surface area contributed by atoms with Gasteiger partial charge in [-0.1, -0.05) is 6.92 Å². The fourth-order valence-electron chi connectivity index (χ4n) is 3.20. The van der Waals surface area contributed by atoms with Crippen LogP contribution >= 0.6 is 0 Å². The van der Waals surface area contributed by atoms with Gasteiger partial charge < -0.3 is 16.0 Å². The summed E-state index contributed by atoms with van der Waals surface area (Å²) in [5.74, 6) is 0.264. The molecule has 0 aromatic carbocycles. The van der Waals surface area contributed by atoms with Crippen LogP contribution in [0.5, 0.6) is 0 Å². The van der Waals surface area contributed by atoms with Crippen molar-refractivity contribution in [3.8, 4) is 0 Å². The number of nitrogens with two attached hydrogens (primary N) is 1. The number of hydrogen-bond acceptors (Lipinski definition) is 4. The molecule has 1 aliphatic heterocycles. The molecule has 0 spiro atoms. The van der Waals surface area contributed by atoms with E-state index >= 15 is 0 Å². The molecule has 0 aromatic rings. The number of nitrogens with zero attached hydrogens (tertiary/aromatic N) is 2. The lowest BCUT2D eigenvalue weighted by molar-refractivity contribution is -0.126. The third-order valence-electron chi connectivity index (χ3n) is 4.49. The van der Waals surface area contributed by atoms with E-state index in [1.54, 1.807) is 0 Å². The monoisotopic (exact) mass is 268 g/mol. The molecule has 1 unspecified atom stereocenters. The lowest BCUT2D eigenvalue weighted by Crippen LogP contribution is -2.63. The van der Waals surface area contributed by atoms with E-state index in [1.165, 1.54) is 6.42 Å². The Labute approximate surface area is 116 Å². The van der Waals surface area contributed by atoms with Gasteiger partial charge in [-0.15, -0.1) is 0 Å². The number of amides is 1. The highest BCUT2D eigenvalue weighted by Gasteiger charge is 2.50. The van der Waals surface area contributed by atoms with E-state index in [0.29, 0.717) is 5.92 Å². The van der Waals surface area contributed by atoms with E-state index < -0.39 is 5.54 Å². The van der Waals surface area contributed by atoms with E-state index in [2.05, 4.69) is 29.1 Å². The zero-order valence-electron chi connectivity index (χ0n) is 12.3. The molecule has 1 aliphatic carbocycles. The molecular formula is C14H28N4O. The molecule has 3 N–H and O–H groups in total. The van der Waals surface area contributed by atoms with Gasteiger partial charge in [0.25, 0.3) is 0 Å². The highest BCUT2D eigenvalue weighted by Crippen LogP contribution is 2.40. The Morgan fingerprint density at radius 3 is 2.63 bits per heavy atom. The SMILES string of the molecule is CCNC(CN1CCCN(C)CC1)(C(N)=O)C1CC1. The van der Waals surface area contributed by atoms with E-state index in [1.807, 2.05) is 0 Å². The lowest BCUT2D eigenvalue weighted by atomic mass is 9.91. The van der Waals surface area contributed by atoms with Crippen molar-refractivity contribution >= 4 is 5.91 Å². The number of nitrogens with one attached hydrogen (secondary N) is 1. The maximum absolute atomic E-state index is 12.0. The summed E-state index contributed by atoms with van der Waals surface area (Å²) in [4.78, 5) is 16.8. The van der Waals surface area contributed by atoms with Crippen LogP contribution in [-0.4, -0.2) is 67.6 Å². The summed E-state index contributed by atoms with van der Waals surface area (Å²) in [6.45, 7) is 7.94. The van der Waals surface area contributed by atoms with Crippen LogP contribution in [0.4, 0.5) is 0 Å². The second kappa shape index (κ2) is 6.20. The van der Waals surface area contributed by atoms with Gasteiger partial charge in [-0.05, 0) is 51.9 Å². The topological polar surface area (TPSA) is 61.6 Å². The van der Waals surface area contributed by atoms with Gasteiger partial charge in [0.05, 0.1) is 0 Å². The average molecular weight is 268 g/mol. The first-order valence-corrected chi connectivity index (χ1v) is 7.54. The van der Waals surface area contributed by atoms with Gasteiger partial charge >= 0.3 is 0 Å². The van der Waals surface area contributed by atoms with Crippen LogP contribution in [0.3, 0.4) is 0 Å². The van der Waals surface area contributed by atoms with E-state index in [0.717, 1.165) is 52.1 Å². The molecule has 5 nitrogen and oxygen atoms in total. The molecule has 1 heterocycles. The molecule has 1 saturated heterocycles. The van der Waals surface area contributed by atoms with Gasteiger partial charge in [-0.2, -0.15) is 0 Å². The Morgan fingerprint density at radius 1 is 1.32 bits per heavy atom. The summed E-state index contributed by atoms with van der Waals surface area (Å²) in [5.41, 5.74) is 5.24. The van der Waals surface area contributed by atoms with Gasteiger partial charge in [0.1, 0.15) is 5.54 Å². The first kappa shape index (κ1) is 14.8. The minimum atomic E-state index is -0.502. The number of rotatable bonds is 6. The molecule has 110 valence electrons. The Balaban J connectivity index is 2.04. The highest BCUT2D eigenvalue weighted by molar-refractivity contribution is 5.86. The number of primary amides is 1. The fraction of sp³-hybridized carbons (Fsp3) is 0.929. The molecule has 0 aromatic heterocycles. The maximum Gasteiger partial charge on any atom is 0.239 e. The number of carbonyl (C=O) groups is 1. The predicted molar refractivity (Wildman–Crippen MR) is 76.9 cm³/mol. The van der Waals surface area contributed by atoms with Crippen molar-refractivity contribution < 1.29 is 4.79 Å². The molecule has 0 radical (unpaired) electrons. The minimum absolute atomic E-state index is 0.172. The summed E-state index contributed by atoms with van der Waals surface area (Å²) in [6.07, 6.45) is 3.43. The largest absolute Gasteiger partial charge is 0.368 e. The number of carbonyl (C=O) groups excluding carboxylic acids is 1. The zero-order chi connectivity index (χ0) is 13.9. The van der Waals surface area contributed by atoms with Crippen LogP contribution < -0.4 is 11.1 Å². The molecule has 19 heavy (non-hydrogen) atoms. The van der Waals surface area contributed by atoms with Crippen molar-refractivity contribution in [2.75, 3.05) is 46.3 Å². The van der Waals surface area contributed by atoms with Crippen LogP contribution in [0.25, 0.3) is 0 Å². The molecule has 0 bridgehead atoms. The van der Waals surface area contributed by atoms with E-state index in [9.17, 15) is 4.79 Å². The van der Waals surface area contributed by atoms with Crippen molar-refractivity contribution in [3.05, 3.63) is 0 Å². The van der Waals surface area contributed by atoms with Crippen molar-refractivity contribution in [1.29, 1.82) is 0 Å². The molecular weight excluding hydrogens is 240 g/mol. The quantitative estimate of drug-likeness (QED) is 0.704. The summed E-state index contributed by atoms with van der Waals surface area (Å²) >= 11 is 0. The first-order valence-electron chi connectivity index (χ1n) is 7.54. The van der Waals surface area contributed by atoms with Crippen LogP contribution in [-0.2, 0) is 4.79 Å². The highest BCUT2D eigenvalue weighted by atomic mass is 16.1. The Morgan fingerprint density at radius 2 is 2.05 bits per heavy atom. The third kappa shape index (κ3) is 3.46. The predicted octanol–water partition coefficient (Wildman–Crippen LogP) is -0.132. The summed E-state index contributed by atoms with van der Waals surface area (Å²) in [5, 5.41) is 3.41. The fourth-order valence-corrected chi connectivity index (χ4v) is 3.20. The van der Waals surface area contributed by atoms with Gasteiger partial charge in [0, 0.05) is 19.6 Å². The van der Waals surface area contributed by atoms with Gasteiger partial charge in [-0.3, -0.25) is 9.69 Å². The number of hydrogen-bond donors (Lipinski definition) is 2. The molecule has 2 rings (SSSR count). The Kier molecular flexibility index (Phi) is 4.81. The average Bonchev–Trinajstić information content (AvgIpc) is 3.17.